The predicted octanol–water partition coefficient (Wildman–Crippen LogP) is -4.85. The highest BCUT2D eigenvalue weighted by molar-refractivity contribution is 6.21. The molecule has 0 aliphatic carbocycles. The highest BCUT2D eigenvalue weighted by Crippen LogP contribution is 2.38. The van der Waals surface area contributed by atoms with Crippen LogP contribution in [0.5, 0.6) is 0 Å². The summed E-state index contributed by atoms with van der Waals surface area (Å²) in [6.07, 6.45) is -23.1. The fraction of sp³-hybridized carbons (Fsp3) is 0.586. The molecule has 15 atom stereocenters. The maximum Gasteiger partial charge on any atom is 0.330 e. The lowest BCUT2D eigenvalue weighted by molar-refractivity contribution is -0.349. The first-order valence-electron chi connectivity index (χ1n) is 15.6. The number of imide groups is 1. The zero-order valence-electron chi connectivity index (χ0n) is 26.1. The topological polar surface area (TPSA) is 340 Å². The van der Waals surface area contributed by atoms with Gasteiger partial charge in [-0.05, 0) is 17.7 Å². The molecule has 3 fully saturated rings. The van der Waals surface area contributed by atoms with Crippen LogP contribution >= 0.6 is 0 Å². The number of hydrogen-bond acceptors (Lipinski definition) is 17. The van der Waals surface area contributed by atoms with Gasteiger partial charge in [0.15, 0.2) is 18.8 Å². The van der Waals surface area contributed by atoms with Crippen molar-refractivity contribution in [3.63, 3.8) is 0 Å². The van der Waals surface area contributed by atoms with Crippen LogP contribution in [-0.2, 0) is 18.9 Å². The molecule has 4 aliphatic heterocycles. The number of aliphatic hydroxyl groups is 8. The van der Waals surface area contributed by atoms with Crippen LogP contribution in [-0.4, -0.2) is 159 Å². The van der Waals surface area contributed by atoms with Gasteiger partial charge in [0.2, 0.25) is 0 Å². The lowest BCUT2D eigenvalue weighted by Crippen LogP contribution is -2.67. The van der Waals surface area contributed by atoms with Crippen LogP contribution in [0.15, 0.2) is 51.2 Å². The average Bonchev–Trinajstić information content (AvgIpc) is 3.54. The quantitative estimate of drug-likeness (QED) is 0.0507. The summed E-state index contributed by atoms with van der Waals surface area (Å²) >= 11 is 0. The second-order valence-electron chi connectivity index (χ2n) is 12.4. The molecule has 22 nitrogen and oxygen atoms in total. The van der Waals surface area contributed by atoms with Gasteiger partial charge in [-0.15, -0.1) is 0 Å². The Balaban J connectivity index is 1.29. The average molecular weight is 723 g/mol. The number of fused-ring (bicyclic) bond motifs is 1. The molecule has 276 valence electrons. The van der Waals surface area contributed by atoms with E-state index in [4.69, 9.17) is 24.5 Å². The first-order valence-corrected chi connectivity index (χ1v) is 15.6. The van der Waals surface area contributed by atoms with Crippen molar-refractivity contribution in [2.45, 2.75) is 98.4 Å². The second kappa shape index (κ2) is 14.5. The van der Waals surface area contributed by atoms with Gasteiger partial charge >= 0.3 is 5.69 Å². The summed E-state index contributed by atoms with van der Waals surface area (Å²) in [5, 5.41) is 89.4. The summed E-state index contributed by atoms with van der Waals surface area (Å²) < 4.78 is 23.7. The van der Waals surface area contributed by atoms with Gasteiger partial charge < -0.3 is 59.8 Å². The van der Waals surface area contributed by atoms with Gasteiger partial charge in [0, 0.05) is 23.6 Å². The Morgan fingerprint density at radius 3 is 2.08 bits per heavy atom. The molecule has 0 radical (unpaired) electrons. The fourth-order valence-electron chi connectivity index (χ4n) is 6.70. The largest absolute Gasteiger partial charge is 0.394 e. The van der Waals surface area contributed by atoms with Gasteiger partial charge in [-0.1, -0.05) is 17.2 Å². The second-order valence-corrected chi connectivity index (χ2v) is 12.4. The number of azide groups is 1. The summed E-state index contributed by atoms with van der Waals surface area (Å²) in [6, 6.07) is 3.04. The number of ether oxygens (including phenoxy) is 4. The summed E-state index contributed by atoms with van der Waals surface area (Å²) in [5.41, 5.74) is 7.29. The van der Waals surface area contributed by atoms with Gasteiger partial charge in [-0.25, -0.2) is 4.79 Å². The molecule has 51 heavy (non-hydrogen) atoms. The Morgan fingerprint density at radius 1 is 0.843 bits per heavy atom. The lowest BCUT2D eigenvalue weighted by atomic mass is 9.90. The maximum absolute atomic E-state index is 13.5. The molecule has 5 unspecified atom stereocenters. The molecule has 5 heterocycles. The van der Waals surface area contributed by atoms with Gasteiger partial charge in [-0.2, -0.15) is 0 Å². The number of aromatic nitrogens is 2. The Kier molecular flexibility index (Phi) is 10.4. The minimum Gasteiger partial charge on any atom is -0.394 e. The molecule has 0 saturated carbocycles. The summed E-state index contributed by atoms with van der Waals surface area (Å²) in [6.45, 7) is -0.855. The first kappa shape index (κ1) is 36.7. The van der Waals surface area contributed by atoms with Crippen LogP contribution < -0.4 is 11.2 Å². The van der Waals surface area contributed by atoms with Crippen molar-refractivity contribution >= 4 is 11.8 Å². The Labute approximate surface area is 284 Å². The third-order valence-electron chi connectivity index (χ3n) is 9.35. The lowest BCUT2D eigenvalue weighted by Gasteiger charge is -2.48. The minimum absolute atomic E-state index is 0.0534. The monoisotopic (exact) mass is 722 g/mol. The molecular formula is C29H34N6O16. The van der Waals surface area contributed by atoms with E-state index >= 15 is 0 Å². The van der Waals surface area contributed by atoms with Gasteiger partial charge in [-0.3, -0.25) is 28.8 Å². The fourth-order valence-corrected chi connectivity index (χ4v) is 6.70. The van der Waals surface area contributed by atoms with Crippen LogP contribution in [0.4, 0.5) is 0 Å². The normalized spacial score (nSPS) is 38.7. The van der Waals surface area contributed by atoms with Crippen molar-refractivity contribution in [3.05, 3.63) is 78.9 Å². The maximum atomic E-state index is 13.5. The van der Waals surface area contributed by atoms with Crippen molar-refractivity contribution in [2.24, 2.45) is 5.11 Å². The number of nitrogens with zero attached hydrogens (tertiary/aromatic N) is 5. The summed E-state index contributed by atoms with van der Waals surface area (Å²) in [7, 11) is 0. The van der Waals surface area contributed by atoms with E-state index < -0.39 is 128 Å². The van der Waals surface area contributed by atoms with E-state index in [0.29, 0.717) is 4.90 Å². The molecule has 1 aromatic carbocycles. The minimum atomic E-state index is -2.08. The Hall–Kier alpha value is -4.13. The molecule has 4 aliphatic rings. The van der Waals surface area contributed by atoms with Crippen molar-refractivity contribution < 1.29 is 69.4 Å². The number of amides is 2. The Morgan fingerprint density at radius 2 is 1.47 bits per heavy atom. The van der Waals surface area contributed by atoms with E-state index in [2.05, 4.69) is 10.0 Å². The van der Waals surface area contributed by atoms with Crippen LogP contribution in [0, 0.1) is 0 Å². The predicted molar refractivity (Wildman–Crippen MR) is 161 cm³/mol. The molecule has 0 spiro atoms. The molecule has 9 N–H and O–H groups in total. The number of carbonyl (C=O) groups excluding carboxylic acids is 2. The van der Waals surface area contributed by atoms with E-state index in [-0.39, 0.29) is 11.1 Å². The summed E-state index contributed by atoms with van der Waals surface area (Å²) in [4.78, 5) is 55.9. The van der Waals surface area contributed by atoms with E-state index in [9.17, 15) is 60.0 Å². The Bertz CT molecular complexity index is 1770. The van der Waals surface area contributed by atoms with Crippen molar-refractivity contribution in [1.82, 2.24) is 14.5 Å². The highest BCUT2D eigenvalue weighted by atomic mass is 16.8. The molecule has 2 amide bonds. The number of H-pyrrole nitrogens is 1. The van der Waals surface area contributed by atoms with Crippen LogP contribution in [0.3, 0.4) is 0 Å². The zero-order chi connectivity index (χ0) is 36.9. The number of carbonyl (C=O) groups is 2. The molecular weight excluding hydrogens is 688 g/mol. The van der Waals surface area contributed by atoms with E-state index in [1.165, 1.54) is 24.3 Å². The van der Waals surface area contributed by atoms with E-state index in [0.717, 1.165) is 16.8 Å². The number of benzene rings is 1. The van der Waals surface area contributed by atoms with E-state index in [1.807, 2.05) is 4.98 Å². The number of nitrogens with one attached hydrogen (secondary N) is 1. The first-order chi connectivity index (χ1) is 24.3. The molecule has 1 aromatic heterocycles. The number of aromatic amines is 1. The standard InChI is InChI=1S/C29H34N6O16/c30-33-32-15-19(41)18(40)13(8-36)49-27(15)51-28-16(35-24(45)9-3-1-2-4-10(9)25(35)46)20(42)17(39)12(48-28)7-11(37)23-21(43)22(44)26(50-23)34-6-5-14(38)31-29(34)47/h1-6,11-13,15-23,26-28,36-37,39-44H,7-8H2,(H,31,38,47)/t11-,12-,13+,15?,16-,17?,18-,19?,20?,21+,22-,23?,26-,27-,28+/m1/s1. The molecule has 3 saturated heterocycles. The number of hydrogen-bond donors (Lipinski definition) is 9. The highest BCUT2D eigenvalue weighted by Gasteiger charge is 2.57. The molecule has 22 heteroatoms. The third-order valence-corrected chi connectivity index (χ3v) is 9.35. The van der Waals surface area contributed by atoms with Crippen LogP contribution in [0.25, 0.3) is 10.4 Å². The van der Waals surface area contributed by atoms with Crippen molar-refractivity contribution in [3.8, 4) is 0 Å². The van der Waals surface area contributed by atoms with Gasteiger partial charge in [0.05, 0.1) is 36.0 Å². The van der Waals surface area contributed by atoms with Crippen LogP contribution in [0.1, 0.15) is 33.4 Å². The van der Waals surface area contributed by atoms with Gasteiger partial charge in [0.1, 0.15) is 54.8 Å². The smallest absolute Gasteiger partial charge is 0.330 e. The molecule has 6 rings (SSSR count). The van der Waals surface area contributed by atoms with E-state index in [1.54, 1.807) is 0 Å². The van der Waals surface area contributed by atoms with Crippen molar-refractivity contribution in [2.75, 3.05) is 6.61 Å². The number of aliphatic hydroxyl groups excluding tert-OH is 8. The van der Waals surface area contributed by atoms with Crippen molar-refractivity contribution in [1.29, 1.82) is 0 Å². The van der Waals surface area contributed by atoms with Crippen LogP contribution in [0.2, 0.25) is 0 Å². The molecule has 0 bridgehead atoms. The number of rotatable bonds is 9. The third kappa shape index (κ3) is 6.46. The van der Waals surface area contributed by atoms with Gasteiger partial charge in [0.25, 0.3) is 17.4 Å². The molecule has 2 aromatic rings. The summed E-state index contributed by atoms with van der Waals surface area (Å²) in [5.74, 6) is -1.83. The SMILES string of the molecule is [N-]=[N+]=NC1C(O)[C@H](O)[C@H](CO)O[C@@H]1O[C@@H]1O[C@H](C[C@@H](O)C2O[C@@H](n3ccc(=O)[nH]c3=O)[C@H](O)[C@@H]2O)C(O)C(O)[C@H]1N1C(=O)c2ccccc2C1=O. The zero-order valence-corrected chi connectivity index (χ0v) is 26.1.